The van der Waals surface area contributed by atoms with Crippen LogP contribution in [0.4, 0.5) is 4.39 Å². The maximum absolute atomic E-state index is 13.5. The molecular formula is C23H24ClFN2O3. The number of rotatable bonds is 6. The molecule has 0 spiro atoms. The molecule has 7 heteroatoms. The second-order valence-corrected chi connectivity index (χ2v) is 8.38. The van der Waals surface area contributed by atoms with Gasteiger partial charge in [0.1, 0.15) is 11.6 Å². The van der Waals surface area contributed by atoms with Gasteiger partial charge in [0, 0.05) is 30.6 Å². The highest BCUT2D eigenvalue weighted by atomic mass is 35.5. The van der Waals surface area contributed by atoms with Gasteiger partial charge in [-0.1, -0.05) is 17.7 Å². The first-order valence-corrected chi connectivity index (χ1v) is 10.7. The second kappa shape index (κ2) is 9.04. The van der Waals surface area contributed by atoms with Crippen molar-refractivity contribution in [3.63, 3.8) is 0 Å². The van der Waals surface area contributed by atoms with E-state index in [-0.39, 0.29) is 28.3 Å². The summed E-state index contributed by atoms with van der Waals surface area (Å²) in [5.41, 5.74) is 0.771. The Balaban J connectivity index is 1.34. The third kappa shape index (κ3) is 5.11. The van der Waals surface area contributed by atoms with E-state index in [2.05, 4.69) is 5.32 Å². The molecule has 1 atom stereocenters. The number of hydrogen-bond donors (Lipinski definition) is 1. The van der Waals surface area contributed by atoms with Gasteiger partial charge in [-0.05, 0) is 62.1 Å². The van der Waals surface area contributed by atoms with Crippen molar-refractivity contribution < 1.29 is 18.7 Å². The lowest BCUT2D eigenvalue weighted by molar-refractivity contribution is 0.0632. The summed E-state index contributed by atoms with van der Waals surface area (Å²) in [6.07, 6.45) is 3.86. The van der Waals surface area contributed by atoms with Crippen LogP contribution in [0.15, 0.2) is 42.5 Å². The van der Waals surface area contributed by atoms with E-state index >= 15 is 0 Å². The Bertz CT molecular complexity index is 948. The summed E-state index contributed by atoms with van der Waals surface area (Å²) in [7, 11) is 0. The maximum Gasteiger partial charge on any atom is 0.255 e. The Kier molecular flexibility index (Phi) is 6.23. The Morgan fingerprint density at radius 2 is 2.00 bits per heavy atom. The largest absolute Gasteiger partial charge is 0.493 e. The van der Waals surface area contributed by atoms with Crippen LogP contribution in [0.25, 0.3) is 0 Å². The van der Waals surface area contributed by atoms with Crippen molar-refractivity contribution in [2.75, 3.05) is 19.7 Å². The molecule has 2 amide bonds. The third-order valence-electron chi connectivity index (χ3n) is 5.46. The molecule has 30 heavy (non-hydrogen) atoms. The molecule has 2 aromatic rings. The van der Waals surface area contributed by atoms with E-state index in [1.165, 1.54) is 18.2 Å². The summed E-state index contributed by atoms with van der Waals surface area (Å²) < 4.78 is 19.5. The SMILES string of the molecule is O=C(NC1CC1)c1cccc(OC[C@H]2CCCN(C(=O)c3cc(F)ccc3Cl)C2)c1. The van der Waals surface area contributed by atoms with E-state index in [1.807, 2.05) is 6.07 Å². The fraction of sp³-hybridized carbons (Fsp3) is 0.391. The fourth-order valence-corrected chi connectivity index (χ4v) is 3.85. The normalized spacial score (nSPS) is 18.7. The fourth-order valence-electron chi connectivity index (χ4n) is 3.65. The number of piperidine rings is 1. The standard InChI is InChI=1S/C23H24ClFN2O3/c24-21-9-6-17(25)12-20(21)23(29)27-10-2-3-15(13-27)14-30-19-5-1-4-16(11-19)22(28)26-18-7-8-18/h1,4-6,9,11-12,15,18H,2-3,7-8,10,13-14H2,(H,26,28)/t15-/m0/s1. The van der Waals surface area contributed by atoms with Crippen molar-refractivity contribution >= 4 is 23.4 Å². The summed E-state index contributed by atoms with van der Waals surface area (Å²) in [6.45, 7) is 1.57. The molecule has 1 aliphatic heterocycles. The van der Waals surface area contributed by atoms with Gasteiger partial charge in [-0.3, -0.25) is 9.59 Å². The minimum atomic E-state index is -0.481. The summed E-state index contributed by atoms with van der Waals surface area (Å²) in [5.74, 6) is -0.0356. The van der Waals surface area contributed by atoms with Crippen molar-refractivity contribution in [3.05, 3.63) is 64.4 Å². The number of halogens is 2. The van der Waals surface area contributed by atoms with E-state index in [0.717, 1.165) is 25.7 Å². The highest BCUT2D eigenvalue weighted by Gasteiger charge is 2.27. The molecule has 1 heterocycles. The van der Waals surface area contributed by atoms with Crippen molar-refractivity contribution in [3.8, 4) is 5.75 Å². The molecule has 158 valence electrons. The molecule has 1 N–H and O–H groups in total. The molecule has 5 nitrogen and oxygen atoms in total. The quantitative estimate of drug-likeness (QED) is 0.743. The van der Waals surface area contributed by atoms with Crippen LogP contribution >= 0.6 is 11.6 Å². The van der Waals surface area contributed by atoms with Gasteiger partial charge < -0.3 is 15.0 Å². The number of benzene rings is 2. The van der Waals surface area contributed by atoms with Crippen molar-refractivity contribution in [1.29, 1.82) is 0 Å². The molecule has 1 aliphatic carbocycles. The molecule has 0 bridgehead atoms. The minimum Gasteiger partial charge on any atom is -0.493 e. The monoisotopic (exact) mass is 430 g/mol. The number of amides is 2. The van der Waals surface area contributed by atoms with Gasteiger partial charge in [0.25, 0.3) is 11.8 Å². The van der Waals surface area contributed by atoms with Crippen LogP contribution in [0.2, 0.25) is 5.02 Å². The van der Waals surface area contributed by atoms with Crippen LogP contribution in [-0.2, 0) is 0 Å². The predicted molar refractivity (Wildman–Crippen MR) is 112 cm³/mol. The molecule has 2 aromatic carbocycles. The van der Waals surface area contributed by atoms with Crippen LogP contribution in [0.1, 0.15) is 46.4 Å². The Morgan fingerprint density at radius 3 is 2.80 bits per heavy atom. The lowest BCUT2D eigenvalue weighted by Crippen LogP contribution is -2.41. The van der Waals surface area contributed by atoms with E-state index in [9.17, 15) is 14.0 Å². The first-order chi connectivity index (χ1) is 14.5. The summed E-state index contributed by atoms with van der Waals surface area (Å²) in [5, 5.41) is 3.22. The lowest BCUT2D eigenvalue weighted by atomic mass is 9.98. The average Bonchev–Trinajstić information content (AvgIpc) is 3.58. The van der Waals surface area contributed by atoms with Crippen LogP contribution in [0, 0.1) is 11.7 Å². The number of likely N-dealkylation sites (tertiary alicyclic amines) is 1. The lowest BCUT2D eigenvalue weighted by Gasteiger charge is -2.33. The molecule has 0 aromatic heterocycles. The van der Waals surface area contributed by atoms with Crippen LogP contribution in [0.3, 0.4) is 0 Å². The van der Waals surface area contributed by atoms with Gasteiger partial charge in [0.15, 0.2) is 0 Å². The number of nitrogens with one attached hydrogen (secondary N) is 1. The summed E-state index contributed by atoms with van der Waals surface area (Å²) in [4.78, 5) is 26.7. The highest BCUT2D eigenvalue weighted by molar-refractivity contribution is 6.33. The molecule has 0 unspecified atom stereocenters. The first-order valence-electron chi connectivity index (χ1n) is 10.3. The van der Waals surface area contributed by atoms with Gasteiger partial charge in [0.2, 0.25) is 0 Å². The Labute approximate surface area is 180 Å². The maximum atomic E-state index is 13.5. The molecule has 4 rings (SSSR count). The number of nitrogens with zero attached hydrogens (tertiary/aromatic N) is 1. The Morgan fingerprint density at radius 1 is 1.17 bits per heavy atom. The van der Waals surface area contributed by atoms with Crippen LogP contribution in [-0.4, -0.2) is 42.5 Å². The zero-order valence-electron chi connectivity index (χ0n) is 16.6. The van der Waals surface area contributed by atoms with Gasteiger partial charge in [-0.25, -0.2) is 4.39 Å². The second-order valence-electron chi connectivity index (χ2n) is 7.97. The van der Waals surface area contributed by atoms with E-state index in [1.54, 1.807) is 23.1 Å². The van der Waals surface area contributed by atoms with Gasteiger partial charge in [0.05, 0.1) is 17.2 Å². The highest BCUT2D eigenvalue weighted by Crippen LogP contribution is 2.25. The predicted octanol–water partition coefficient (Wildman–Crippen LogP) is 4.30. The van der Waals surface area contributed by atoms with Crippen LogP contribution in [0.5, 0.6) is 5.75 Å². The van der Waals surface area contributed by atoms with Crippen molar-refractivity contribution in [1.82, 2.24) is 10.2 Å². The van der Waals surface area contributed by atoms with Gasteiger partial charge >= 0.3 is 0 Å². The topological polar surface area (TPSA) is 58.6 Å². The molecule has 1 saturated carbocycles. The van der Waals surface area contributed by atoms with Crippen molar-refractivity contribution in [2.24, 2.45) is 5.92 Å². The van der Waals surface area contributed by atoms with E-state index < -0.39 is 5.82 Å². The number of hydrogen-bond acceptors (Lipinski definition) is 3. The summed E-state index contributed by atoms with van der Waals surface area (Å²) >= 11 is 6.09. The van der Waals surface area contributed by atoms with E-state index in [0.29, 0.717) is 37.1 Å². The molecule has 1 saturated heterocycles. The van der Waals surface area contributed by atoms with Crippen molar-refractivity contribution in [2.45, 2.75) is 31.7 Å². The molecule has 2 fully saturated rings. The number of carbonyl (C=O) groups excluding carboxylic acids is 2. The average molecular weight is 431 g/mol. The summed E-state index contributed by atoms with van der Waals surface area (Å²) in [6, 6.07) is 11.3. The third-order valence-corrected chi connectivity index (χ3v) is 5.79. The number of carbonyl (C=O) groups is 2. The molecule has 2 aliphatic rings. The zero-order chi connectivity index (χ0) is 21.1. The minimum absolute atomic E-state index is 0.0793. The Hall–Kier alpha value is -2.60. The van der Waals surface area contributed by atoms with Gasteiger partial charge in [-0.2, -0.15) is 0 Å². The first kappa shape index (κ1) is 20.7. The van der Waals surface area contributed by atoms with Gasteiger partial charge in [-0.15, -0.1) is 0 Å². The smallest absolute Gasteiger partial charge is 0.255 e. The zero-order valence-corrected chi connectivity index (χ0v) is 17.3. The molecular weight excluding hydrogens is 407 g/mol. The van der Waals surface area contributed by atoms with E-state index in [4.69, 9.17) is 16.3 Å². The van der Waals surface area contributed by atoms with Crippen LogP contribution < -0.4 is 10.1 Å². The number of ether oxygens (including phenoxy) is 1. The molecule has 0 radical (unpaired) electrons.